The Bertz CT molecular complexity index is 319. The van der Waals surface area contributed by atoms with Crippen molar-refractivity contribution in [3.05, 3.63) is 5.82 Å². The summed E-state index contributed by atoms with van der Waals surface area (Å²) in [7, 11) is 0. The maximum atomic E-state index is 5.55. The second-order valence-electron chi connectivity index (χ2n) is 4.29. The Morgan fingerprint density at radius 3 is 2.80 bits per heavy atom. The summed E-state index contributed by atoms with van der Waals surface area (Å²) in [5.41, 5.74) is 5.55. The summed E-state index contributed by atoms with van der Waals surface area (Å²) < 4.78 is 5.25. The number of anilines is 1. The zero-order chi connectivity index (χ0) is 10.8. The highest BCUT2D eigenvalue weighted by Gasteiger charge is 2.29. The van der Waals surface area contributed by atoms with Crippen LogP contribution in [0.3, 0.4) is 0 Å². The van der Waals surface area contributed by atoms with Crippen LogP contribution < -0.4 is 10.6 Å². The number of hydrogen-bond acceptors (Lipinski definition) is 5. The van der Waals surface area contributed by atoms with Crippen LogP contribution in [0, 0.1) is 0 Å². The molecule has 2 N–H and O–H groups in total. The van der Waals surface area contributed by atoms with E-state index in [0.717, 1.165) is 12.4 Å². The Balaban J connectivity index is 2.10. The van der Waals surface area contributed by atoms with Crippen LogP contribution >= 0.6 is 0 Å². The fraction of sp³-hybridized carbons (Fsp3) is 0.800. The molecule has 1 aliphatic carbocycles. The Morgan fingerprint density at radius 2 is 2.27 bits per heavy atom. The van der Waals surface area contributed by atoms with Gasteiger partial charge < -0.3 is 15.2 Å². The van der Waals surface area contributed by atoms with Crippen molar-refractivity contribution in [2.24, 2.45) is 5.73 Å². The van der Waals surface area contributed by atoms with Gasteiger partial charge in [0.25, 0.3) is 0 Å². The summed E-state index contributed by atoms with van der Waals surface area (Å²) in [5, 5.41) is 4.00. The molecule has 0 spiro atoms. The van der Waals surface area contributed by atoms with Crippen LogP contribution in [0.25, 0.3) is 0 Å². The Kier molecular flexibility index (Phi) is 2.90. The predicted octanol–water partition coefficient (Wildman–Crippen LogP) is 1.12. The molecule has 0 atom stereocenters. The monoisotopic (exact) mass is 210 g/mol. The second kappa shape index (κ2) is 4.18. The molecule has 0 unspecified atom stereocenters. The van der Waals surface area contributed by atoms with Crippen LogP contribution in [0.15, 0.2) is 4.52 Å². The molecule has 0 bridgehead atoms. The van der Waals surface area contributed by atoms with Crippen LogP contribution in [-0.2, 0) is 0 Å². The first-order chi connectivity index (χ1) is 7.22. The van der Waals surface area contributed by atoms with Gasteiger partial charge in [-0.25, -0.2) is 0 Å². The average Bonchev–Trinajstić information content (AvgIpc) is 2.94. The predicted molar refractivity (Wildman–Crippen MR) is 57.8 cm³/mol. The topological polar surface area (TPSA) is 68.2 Å². The highest BCUT2D eigenvalue weighted by atomic mass is 16.5. The van der Waals surface area contributed by atoms with Crippen LogP contribution in [0.4, 0.5) is 6.01 Å². The lowest BCUT2D eigenvalue weighted by molar-refractivity contribution is 0.400. The van der Waals surface area contributed by atoms with Gasteiger partial charge in [-0.2, -0.15) is 4.98 Å². The molecule has 1 saturated carbocycles. The lowest BCUT2D eigenvalue weighted by atomic mass is 10.3. The van der Waals surface area contributed by atoms with Crippen LogP contribution in [0.5, 0.6) is 0 Å². The van der Waals surface area contributed by atoms with Gasteiger partial charge in [0.2, 0.25) is 0 Å². The smallest absolute Gasteiger partial charge is 0.324 e. The van der Waals surface area contributed by atoms with Gasteiger partial charge in [-0.15, -0.1) is 0 Å². The summed E-state index contributed by atoms with van der Waals surface area (Å²) in [6.45, 7) is 5.54. The van der Waals surface area contributed by atoms with E-state index in [-0.39, 0.29) is 0 Å². The third-order valence-corrected chi connectivity index (χ3v) is 2.61. The number of nitrogens with two attached hydrogens (primary N) is 1. The standard InChI is InChI=1S/C10H18N4O/c1-7(2)14(6-5-11)10-12-9(13-15-10)8-3-4-8/h7-8H,3-6,11H2,1-2H3. The number of nitrogens with zero attached hydrogens (tertiary/aromatic N) is 3. The van der Waals surface area contributed by atoms with Crippen LogP contribution in [-0.4, -0.2) is 29.3 Å². The Hall–Kier alpha value is -1.10. The molecular weight excluding hydrogens is 192 g/mol. The molecule has 1 aromatic rings. The quantitative estimate of drug-likeness (QED) is 0.788. The molecule has 2 rings (SSSR count). The third-order valence-electron chi connectivity index (χ3n) is 2.61. The van der Waals surface area contributed by atoms with Crippen molar-refractivity contribution in [2.45, 2.75) is 38.6 Å². The van der Waals surface area contributed by atoms with Crippen molar-refractivity contribution in [3.8, 4) is 0 Å². The van der Waals surface area contributed by atoms with E-state index in [1.54, 1.807) is 0 Å². The fourth-order valence-electron chi connectivity index (χ4n) is 1.56. The normalized spacial score (nSPS) is 16.0. The molecule has 0 aromatic carbocycles. The first-order valence-corrected chi connectivity index (χ1v) is 5.52. The number of rotatable bonds is 5. The summed E-state index contributed by atoms with van der Waals surface area (Å²) in [6, 6.07) is 0.943. The molecule has 1 fully saturated rings. The Morgan fingerprint density at radius 1 is 1.53 bits per heavy atom. The minimum Gasteiger partial charge on any atom is -0.329 e. The molecule has 1 aliphatic rings. The summed E-state index contributed by atoms with van der Waals surface area (Å²) in [5.74, 6) is 1.39. The average molecular weight is 210 g/mol. The van der Waals surface area contributed by atoms with Gasteiger partial charge in [0.15, 0.2) is 5.82 Å². The molecule has 15 heavy (non-hydrogen) atoms. The van der Waals surface area contributed by atoms with Crippen molar-refractivity contribution >= 4 is 6.01 Å². The van der Waals surface area contributed by atoms with Crippen molar-refractivity contribution in [2.75, 3.05) is 18.0 Å². The van der Waals surface area contributed by atoms with Gasteiger partial charge in [-0.05, 0) is 26.7 Å². The largest absolute Gasteiger partial charge is 0.329 e. The molecule has 0 radical (unpaired) electrons. The molecule has 0 amide bonds. The maximum absolute atomic E-state index is 5.55. The first kappa shape index (κ1) is 10.4. The van der Waals surface area contributed by atoms with E-state index >= 15 is 0 Å². The first-order valence-electron chi connectivity index (χ1n) is 5.52. The van der Waals surface area contributed by atoms with E-state index in [1.807, 2.05) is 4.90 Å². The van der Waals surface area contributed by atoms with E-state index < -0.39 is 0 Å². The number of aromatic nitrogens is 2. The molecule has 1 aromatic heterocycles. The lowest BCUT2D eigenvalue weighted by Crippen LogP contribution is -2.35. The molecule has 5 nitrogen and oxygen atoms in total. The maximum Gasteiger partial charge on any atom is 0.324 e. The third kappa shape index (κ3) is 2.28. The van der Waals surface area contributed by atoms with E-state index in [4.69, 9.17) is 10.3 Å². The summed E-state index contributed by atoms with van der Waals surface area (Å²) >= 11 is 0. The van der Waals surface area contributed by atoms with E-state index in [0.29, 0.717) is 24.5 Å². The summed E-state index contributed by atoms with van der Waals surface area (Å²) in [4.78, 5) is 6.45. The van der Waals surface area contributed by atoms with Gasteiger partial charge in [0, 0.05) is 25.0 Å². The molecular formula is C10H18N4O. The zero-order valence-electron chi connectivity index (χ0n) is 9.31. The lowest BCUT2D eigenvalue weighted by Gasteiger charge is -2.22. The van der Waals surface area contributed by atoms with E-state index in [2.05, 4.69) is 24.0 Å². The zero-order valence-corrected chi connectivity index (χ0v) is 9.31. The molecule has 0 aliphatic heterocycles. The van der Waals surface area contributed by atoms with Crippen LogP contribution in [0.1, 0.15) is 38.4 Å². The Labute approximate surface area is 89.6 Å². The van der Waals surface area contributed by atoms with Gasteiger partial charge >= 0.3 is 6.01 Å². The molecule has 1 heterocycles. The molecule has 5 heteroatoms. The second-order valence-corrected chi connectivity index (χ2v) is 4.29. The van der Waals surface area contributed by atoms with Crippen molar-refractivity contribution < 1.29 is 4.52 Å². The van der Waals surface area contributed by atoms with E-state index in [9.17, 15) is 0 Å². The van der Waals surface area contributed by atoms with Gasteiger partial charge in [-0.1, -0.05) is 5.16 Å². The molecule has 0 saturated heterocycles. The van der Waals surface area contributed by atoms with E-state index in [1.165, 1.54) is 12.8 Å². The highest BCUT2D eigenvalue weighted by Crippen LogP contribution is 2.38. The summed E-state index contributed by atoms with van der Waals surface area (Å²) in [6.07, 6.45) is 2.38. The van der Waals surface area contributed by atoms with Crippen molar-refractivity contribution in [1.29, 1.82) is 0 Å². The van der Waals surface area contributed by atoms with Gasteiger partial charge in [0.1, 0.15) is 0 Å². The molecule has 84 valence electrons. The number of hydrogen-bond donors (Lipinski definition) is 1. The van der Waals surface area contributed by atoms with Crippen molar-refractivity contribution in [1.82, 2.24) is 10.1 Å². The van der Waals surface area contributed by atoms with Crippen molar-refractivity contribution in [3.63, 3.8) is 0 Å². The van der Waals surface area contributed by atoms with Gasteiger partial charge in [0.05, 0.1) is 0 Å². The SMILES string of the molecule is CC(C)N(CCN)c1nc(C2CC2)no1. The minimum atomic E-state index is 0.334. The highest BCUT2D eigenvalue weighted by molar-refractivity contribution is 5.27. The fourth-order valence-corrected chi connectivity index (χ4v) is 1.56. The minimum absolute atomic E-state index is 0.334. The van der Waals surface area contributed by atoms with Crippen LogP contribution in [0.2, 0.25) is 0 Å². The van der Waals surface area contributed by atoms with Gasteiger partial charge in [-0.3, -0.25) is 0 Å².